The Morgan fingerprint density at radius 1 is 1.40 bits per heavy atom. The Balaban J connectivity index is 1.35. The van der Waals surface area contributed by atoms with Crippen LogP contribution in [0, 0.1) is 6.92 Å². The maximum Gasteiger partial charge on any atom is 0.226 e. The summed E-state index contributed by atoms with van der Waals surface area (Å²) in [5, 5.41) is 6.59. The van der Waals surface area contributed by atoms with Gasteiger partial charge in [0.25, 0.3) is 0 Å². The molecule has 2 aromatic heterocycles. The van der Waals surface area contributed by atoms with E-state index >= 15 is 0 Å². The smallest absolute Gasteiger partial charge is 0.226 e. The molecule has 0 saturated carbocycles. The number of fused-ring (bicyclic) bond motifs is 1. The highest BCUT2D eigenvalue weighted by Crippen LogP contribution is 2.32. The predicted octanol–water partition coefficient (Wildman–Crippen LogP) is 2.75. The molecule has 2 aromatic rings. The third-order valence-corrected chi connectivity index (χ3v) is 5.17. The van der Waals surface area contributed by atoms with Crippen molar-refractivity contribution in [2.45, 2.75) is 57.9 Å². The molecule has 25 heavy (non-hydrogen) atoms. The second kappa shape index (κ2) is 7.00. The van der Waals surface area contributed by atoms with Crippen LogP contribution in [0.4, 0.5) is 5.82 Å². The molecule has 1 atom stereocenters. The maximum absolute atomic E-state index is 12.1. The lowest BCUT2D eigenvalue weighted by atomic mass is 10.0. The van der Waals surface area contributed by atoms with Crippen molar-refractivity contribution in [2.24, 2.45) is 0 Å². The molecule has 1 unspecified atom stereocenters. The number of hydrogen-bond donors (Lipinski definition) is 2. The van der Waals surface area contributed by atoms with E-state index in [0.717, 1.165) is 44.6 Å². The lowest BCUT2D eigenvalue weighted by molar-refractivity contribution is -0.116. The van der Waals surface area contributed by atoms with Crippen molar-refractivity contribution >= 4 is 11.7 Å². The number of aryl methyl sites for hydroxylation is 3. The number of nitrogens with zero attached hydrogens (tertiary/aromatic N) is 3. The summed E-state index contributed by atoms with van der Waals surface area (Å²) in [6, 6.07) is 2.04. The van der Waals surface area contributed by atoms with Gasteiger partial charge in [0.15, 0.2) is 5.82 Å². The first-order valence-corrected chi connectivity index (χ1v) is 9.24. The first kappa shape index (κ1) is 16.3. The third-order valence-electron chi connectivity index (χ3n) is 5.17. The number of H-pyrrole nitrogens is 1. The van der Waals surface area contributed by atoms with Crippen LogP contribution in [0.2, 0.25) is 0 Å². The number of amides is 1. The molecule has 1 saturated heterocycles. The topological polar surface area (TPSA) is 87.0 Å². The van der Waals surface area contributed by atoms with Gasteiger partial charge in [-0.05, 0) is 52.0 Å². The van der Waals surface area contributed by atoms with E-state index in [1.807, 2.05) is 0 Å². The van der Waals surface area contributed by atoms with Crippen LogP contribution in [0.25, 0.3) is 0 Å². The molecule has 0 bridgehead atoms. The van der Waals surface area contributed by atoms with Crippen molar-refractivity contribution in [1.29, 1.82) is 0 Å². The number of aromatic nitrogens is 3. The van der Waals surface area contributed by atoms with Gasteiger partial charge in [0.05, 0.1) is 11.7 Å². The summed E-state index contributed by atoms with van der Waals surface area (Å²) in [6.45, 7) is 3.56. The average Bonchev–Trinajstić information content (AvgIpc) is 3.31. The fourth-order valence-corrected chi connectivity index (χ4v) is 3.91. The first-order valence-electron chi connectivity index (χ1n) is 9.24. The molecule has 4 rings (SSSR count). The van der Waals surface area contributed by atoms with Gasteiger partial charge in [-0.1, -0.05) is 5.16 Å². The number of aromatic amines is 1. The van der Waals surface area contributed by atoms with E-state index in [-0.39, 0.29) is 5.91 Å². The normalized spacial score (nSPS) is 20.6. The zero-order chi connectivity index (χ0) is 17.2. The molecule has 1 aliphatic carbocycles. The Kier molecular flexibility index (Phi) is 4.57. The molecular formula is C18H25N5O2. The Hall–Kier alpha value is -2.15. The van der Waals surface area contributed by atoms with E-state index in [9.17, 15) is 4.79 Å². The molecule has 1 amide bonds. The molecule has 3 heterocycles. The fraction of sp³-hybridized carbons (Fsp3) is 0.611. The highest BCUT2D eigenvalue weighted by Gasteiger charge is 2.29. The molecule has 0 radical (unpaired) electrons. The van der Waals surface area contributed by atoms with Gasteiger partial charge in [0.2, 0.25) is 5.91 Å². The number of imidazole rings is 1. The van der Waals surface area contributed by atoms with Crippen molar-refractivity contribution in [3.63, 3.8) is 0 Å². The second-order valence-corrected chi connectivity index (χ2v) is 7.07. The lowest BCUT2D eigenvalue weighted by Gasteiger charge is -2.22. The van der Waals surface area contributed by atoms with Crippen LogP contribution in [0.5, 0.6) is 0 Å². The molecule has 7 nitrogen and oxygen atoms in total. The van der Waals surface area contributed by atoms with Gasteiger partial charge < -0.3 is 14.8 Å². The zero-order valence-corrected chi connectivity index (χ0v) is 14.7. The third kappa shape index (κ3) is 3.61. The highest BCUT2D eigenvalue weighted by molar-refractivity contribution is 5.89. The number of likely N-dealkylation sites (tertiary alicyclic amines) is 1. The van der Waals surface area contributed by atoms with Gasteiger partial charge in [-0.25, -0.2) is 4.98 Å². The largest absolute Gasteiger partial charge is 0.360 e. The van der Waals surface area contributed by atoms with Crippen LogP contribution in [-0.4, -0.2) is 39.0 Å². The highest BCUT2D eigenvalue weighted by atomic mass is 16.5. The average molecular weight is 343 g/mol. The molecule has 2 N–H and O–H groups in total. The minimum absolute atomic E-state index is 0.0299. The van der Waals surface area contributed by atoms with Gasteiger partial charge in [-0.2, -0.15) is 0 Å². The number of carbonyl (C=O) groups is 1. The number of anilines is 1. The summed E-state index contributed by atoms with van der Waals surface area (Å²) < 4.78 is 4.97. The van der Waals surface area contributed by atoms with Gasteiger partial charge in [0, 0.05) is 24.7 Å². The van der Waals surface area contributed by atoms with Crippen molar-refractivity contribution in [1.82, 2.24) is 20.0 Å². The van der Waals surface area contributed by atoms with E-state index in [1.54, 1.807) is 13.0 Å². The van der Waals surface area contributed by atoms with Crippen LogP contribution in [0.1, 0.15) is 61.1 Å². The van der Waals surface area contributed by atoms with Crippen LogP contribution in [0.3, 0.4) is 0 Å². The van der Waals surface area contributed by atoms with Crippen molar-refractivity contribution in [3.8, 4) is 0 Å². The SMILES string of the molecule is Cc1cc(NC(=O)CCN2CCCC2c2nc3c([nH]2)CCCC3)no1. The summed E-state index contributed by atoms with van der Waals surface area (Å²) in [4.78, 5) is 22.9. The van der Waals surface area contributed by atoms with E-state index in [2.05, 4.69) is 20.4 Å². The molecule has 0 aromatic carbocycles. The lowest BCUT2D eigenvalue weighted by Crippen LogP contribution is -2.28. The molecule has 134 valence electrons. The Morgan fingerprint density at radius 3 is 3.08 bits per heavy atom. The van der Waals surface area contributed by atoms with E-state index < -0.39 is 0 Å². The van der Waals surface area contributed by atoms with Crippen LogP contribution >= 0.6 is 0 Å². The Morgan fingerprint density at radius 2 is 2.28 bits per heavy atom. The molecule has 2 aliphatic rings. The molecular weight excluding hydrogens is 318 g/mol. The van der Waals surface area contributed by atoms with Crippen LogP contribution in [-0.2, 0) is 17.6 Å². The number of carbonyl (C=O) groups excluding carboxylic acids is 1. The fourth-order valence-electron chi connectivity index (χ4n) is 3.91. The van der Waals surface area contributed by atoms with Crippen molar-refractivity contribution in [3.05, 3.63) is 29.0 Å². The van der Waals surface area contributed by atoms with E-state index in [1.165, 1.54) is 24.2 Å². The van der Waals surface area contributed by atoms with Crippen LogP contribution in [0.15, 0.2) is 10.6 Å². The summed E-state index contributed by atoms with van der Waals surface area (Å²) >= 11 is 0. The van der Waals surface area contributed by atoms with Gasteiger partial charge in [-0.3, -0.25) is 9.69 Å². The Bertz CT molecular complexity index is 727. The van der Waals surface area contributed by atoms with Crippen molar-refractivity contribution < 1.29 is 9.32 Å². The summed E-state index contributed by atoms with van der Waals surface area (Å²) in [7, 11) is 0. The number of hydrogen-bond acceptors (Lipinski definition) is 5. The minimum atomic E-state index is -0.0299. The summed E-state index contributed by atoms with van der Waals surface area (Å²) in [6.07, 6.45) is 7.42. The standard InChI is InChI=1S/C18H25N5O2/c1-12-11-16(22-25-12)21-17(24)8-10-23-9-4-7-15(23)18-19-13-5-2-3-6-14(13)20-18/h11,15H,2-10H2,1H3,(H,19,20)(H,21,22,24). The quantitative estimate of drug-likeness (QED) is 0.872. The zero-order valence-electron chi connectivity index (χ0n) is 14.7. The van der Waals surface area contributed by atoms with Gasteiger partial charge >= 0.3 is 0 Å². The van der Waals surface area contributed by atoms with Gasteiger partial charge in [-0.15, -0.1) is 0 Å². The molecule has 0 spiro atoms. The Labute approximate surface area is 147 Å². The number of rotatable bonds is 5. The first-order chi connectivity index (χ1) is 12.2. The molecule has 1 aliphatic heterocycles. The molecule has 1 fully saturated rings. The predicted molar refractivity (Wildman–Crippen MR) is 93.3 cm³/mol. The number of nitrogens with one attached hydrogen (secondary N) is 2. The van der Waals surface area contributed by atoms with Crippen LogP contribution < -0.4 is 5.32 Å². The maximum atomic E-state index is 12.1. The van der Waals surface area contributed by atoms with Gasteiger partial charge in [0.1, 0.15) is 11.6 Å². The summed E-state index contributed by atoms with van der Waals surface area (Å²) in [5.74, 6) is 2.24. The monoisotopic (exact) mass is 343 g/mol. The molecule has 7 heteroatoms. The minimum Gasteiger partial charge on any atom is -0.360 e. The van der Waals surface area contributed by atoms with E-state index in [4.69, 9.17) is 9.51 Å². The second-order valence-electron chi connectivity index (χ2n) is 7.07. The van der Waals surface area contributed by atoms with E-state index in [0.29, 0.717) is 24.0 Å². The van der Waals surface area contributed by atoms with Crippen molar-refractivity contribution in [2.75, 3.05) is 18.4 Å². The summed E-state index contributed by atoms with van der Waals surface area (Å²) in [5.41, 5.74) is 2.58.